The van der Waals surface area contributed by atoms with Gasteiger partial charge < -0.3 is 14.7 Å². The minimum atomic E-state index is -0.325. The molecular weight excluding hydrogens is 318 g/mol. The van der Waals surface area contributed by atoms with Gasteiger partial charge in [-0.25, -0.2) is 0 Å². The zero-order valence-corrected chi connectivity index (χ0v) is 14.6. The molecule has 1 aromatic carbocycles. The van der Waals surface area contributed by atoms with E-state index in [1.54, 1.807) is 23.1 Å². The number of aryl methyl sites for hydroxylation is 1. The van der Waals surface area contributed by atoms with Crippen LogP contribution in [-0.4, -0.2) is 46.4 Å². The Morgan fingerprint density at radius 3 is 2.76 bits per heavy atom. The number of rotatable bonds is 6. The molecule has 1 amide bonds. The molecule has 2 aromatic heterocycles. The molecule has 130 valence electrons. The molecule has 0 spiro atoms. The largest absolute Gasteiger partial charge is 0.355 e. The molecule has 25 heavy (non-hydrogen) atoms. The maximum absolute atomic E-state index is 12.3. The number of amides is 1. The van der Waals surface area contributed by atoms with Gasteiger partial charge in [-0.1, -0.05) is 35.0 Å². The highest BCUT2D eigenvalue weighted by atomic mass is 16.5. The van der Waals surface area contributed by atoms with Gasteiger partial charge in [0.25, 0.3) is 5.91 Å². The molecule has 7 nitrogen and oxygen atoms in total. The lowest BCUT2D eigenvalue weighted by molar-refractivity contribution is 0.101. The van der Waals surface area contributed by atoms with Gasteiger partial charge in [0, 0.05) is 24.4 Å². The van der Waals surface area contributed by atoms with Gasteiger partial charge in [0.05, 0.1) is 18.4 Å². The average molecular weight is 339 g/mol. The second kappa shape index (κ2) is 7.31. The molecule has 0 fully saturated rings. The number of carbonyl (C=O) groups excluding carboxylic acids is 1. The third-order valence-corrected chi connectivity index (χ3v) is 3.75. The number of nitrogens with one attached hydrogen (secondary N) is 1. The third kappa shape index (κ3) is 4.33. The van der Waals surface area contributed by atoms with Crippen molar-refractivity contribution in [1.29, 1.82) is 0 Å². The van der Waals surface area contributed by atoms with Crippen LogP contribution in [0.1, 0.15) is 16.1 Å². The van der Waals surface area contributed by atoms with E-state index in [1.807, 2.05) is 45.3 Å². The SMILES string of the molecule is Cc1ccc(-c2cc(C(=O)Nc3cnn(CCN(C)C)c3)no2)cc1. The standard InChI is InChI=1S/C18H21N5O2/c1-13-4-6-14(7-5-13)17-10-16(21-25-17)18(24)20-15-11-19-23(12-15)9-8-22(2)3/h4-7,10-12H,8-9H2,1-3H3,(H,20,24). The summed E-state index contributed by atoms with van der Waals surface area (Å²) >= 11 is 0. The second-order valence-corrected chi connectivity index (χ2v) is 6.19. The van der Waals surface area contributed by atoms with Crippen LogP contribution < -0.4 is 5.32 Å². The summed E-state index contributed by atoms with van der Waals surface area (Å²) in [6.45, 7) is 3.64. The van der Waals surface area contributed by atoms with Crippen molar-refractivity contribution in [1.82, 2.24) is 19.8 Å². The lowest BCUT2D eigenvalue weighted by Crippen LogP contribution is -2.18. The van der Waals surface area contributed by atoms with Gasteiger partial charge in [-0.2, -0.15) is 5.10 Å². The number of anilines is 1. The second-order valence-electron chi connectivity index (χ2n) is 6.19. The summed E-state index contributed by atoms with van der Waals surface area (Å²) in [4.78, 5) is 14.4. The van der Waals surface area contributed by atoms with E-state index < -0.39 is 0 Å². The fourth-order valence-corrected chi connectivity index (χ4v) is 2.28. The molecule has 2 heterocycles. The van der Waals surface area contributed by atoms with Crippen LogP contribution in [0.4, 0.5) is 5.69 Å². The van der Waals surface area contributed by atoms with Gasteiger partial charge in [0.1, 0.15) is 0 Å². The zero-order valence-electron chi connectivity index (χ0n) is 14.6. The van der Waals surface area contributed by atoms with E-state index in [9.17, 15) is 4.79 Å². The van der Waals surface area contributed by atoms with Crippen molar-refractivity contribution < 1.29 is 9.32 Å². The molecule has 0 aliphatic carbocycles. The molecule has 0 atom stereocenters. The minimum absolute atomic E-state index is 0.233. The molecule has 0 aliphatic heterocycles. The predicted octanol–water partition coefficient (Wildman–Crippen LogP) is 2.66. The first-order chi connectivity index (χ1) is 12.0. The van der Waals surface area contributed by atoms with Crippen LogP contribution >= 0.6 is 0 Å². The van der Waals surface area contributed by atoms with Crippen LogP contribution in [0.2, 0.25) is 0 Å². The molecule has 3 rings (SSSR count). The van der Waals surface area contributed by atoms with Crippen LogP contribution in [0.3, 0.4) is 0 Å². The minimum Gasteiger partial charge on any atom is -0.355 e. The summed E-state index contributed by atoms with van der Waals surface area (Å²) < 4.78 is 7.07. The Kier molecular flexibility index (Phi) is 4.95. The van der Waals surface area contributed by atoms with Crippen LogP contribution in [0, 0.1) is 6.92 Å². The molecule has 7 heteroatoms. The number of hydrogen-bond acceptors (Lipinski definition) is 5. The van der Waals surface area contributed by atoms with E-state index in [4.69, 9.17) is 4.52 Å². The van der Waals surface area contributed by atoms with E-state index in [1.165, 1.54) is 0 Å². The molecular formula is C18H21N5O2. The van der Waals surface area contributed by atoms with Gasteiger partial charge in [0.15, 0.2) is 11.5 Å². The number of aromatic nitrogens is 3. The molecule has 0 bridgehead atoms. The van der Waals surface area contributed by atoms with Gasteiger partial charge in [0.2, 0.25) is 0 Å². The van der Waals surface area contributed by atoms with Crippen molar-refractivity contribution >= 4 is 11.6 Å². The first kappa shape index (κ1) is 16.9. The van der Waals surface area contributed by atoms with Crippen molar-refractivity contribution in [3.63, 3.8) is 0 Å². The Balaban J connectivity index is 1.65. The van der Waals surface area contributed by atoms with Crippen molar-refractivity contribution in [2.24, 2.45) is 0 Å². The molecule has 0 aliphatic rings. The van der Waals surface area contributed by atoms with E-state index in [0.29, 0.717) is 11.4 Å². The van der Waals surface area contributed by atoms with Crippen molar-refractivity contribution in [2.45, 2.75) is 13.5 Å². The fraction of sp³-hybridized carbons (Fsp3) is 0.278. The number of carbonyl (C=O) groups is 1. The first-order valence-electron chi connectivity index (χ1n) is 8.03. The summed E-state index contributed by atoms with van der Waals surface area (Å²) in [5.41, 5.74) is 2.90. The molecule has 0 saturated heterocycles. The molecule has 1 N–H and O–H groups in total. The number of nitrogens with zero attached hydrogens (tertiary/aromatic N) is 4. The highest BCUT2D eigenvalue weighted by molar-refractivity contribution is 6.03. The normalized spacial score (nSPS) is 11.0. The Morgan fingerprint density at radius 1 is 1.28 bits per heavy atom. The van der Waals surface area contributed by atoms with Crippen LogP contribution in [0.5, 0.6) is 0 Å². The number of likely N-dealkylation sites (N-methyl/N-ethyl adjacent to an activating group) is 1. The van der Waals surface area contributed by atoms with Crippen LogP contribution in [0.25, 0.3) is 11.3 Å². The van der Waals surface area contributed by atoms with Crippen molar-refractivity contribution in [3.8, 4) is 11.3 Å². The maximum atomic E-state index is 12.3. The summed E-state index contributed by atoms with van der Waals surface area (Å²) in [5.74, 6) is 0.237. The Morgan fingerprint density at radius 2 is 2.04 bits per heavy atom. The highest BCUT2D eigenvalue weighted by Crippen LogP contribution is 2.21. The summed E-state index contributed by atoms with van der Waals surface area (Å²) in [6.07, 6.45) is 3.41. The monoisotopic (exact) mass is 339 g/mol. The van der Waals surface area contributed by atoms with E-state index in [0.717, 1.165) is 24.2 Å². The number of benzene rings is 1. The topological polar surface area (TPSA) is 76.2 Å². The summed E-state index contributed by atoms with van der Waals surface area (Å²) in [6, 6.07) is 9.48. The lowest BCUT2D eigenvalue weighted by atomic mass is 10.1. The third-order valence-electron chi connectivity index (χ3n) is 3.75. The van der Waals surface area contributed by atoms with Crippen molar-refractivity contribution in [3.05, 3.63) is 54.0 Å². The van der Waals surface area contributed by atoms with E-state index in [2.05, 4.69) is 20.5 Å². The van der Waals surface area contributed by atoms with Gasteiger partial charge >= 0.3 is 0 Å². The lowest BCUT2D eigenvalue weighted by Gasteiger charge is -2.08. The quantitative estimate of drug-likeness (QED) is 0.747. The molecule has 3 aromatic rings. The van der Waals surface area contributed by atoms with Gasteiger partial charge in [-0.15, -0.1) is 0 Å². The first-order valence-corrected chi connectivity index (χ1v) is 8.03. The zero-order chi connectivity index (χ0) is 17.8. The van der Waals surface area contributed by atoms with Crippen molar-refractivity contribution in [2.75, 3.05) is 26.0 Å². The van der Waals surface area contributed by atoms with Crippen LogP contribution in [-0.2, 0) is 6.54 Å². The molecule has 0 saturated carbocycles. The van der Waals surface area contributed by atoms with E-state index >= 15 is 0 Å². The highest BCUT2D eigenvalue weighted by Gasteiger charge is 2.14. The Bertz CT molecular complexity index is 848. The predicted molar refractivity (Wildman–Crippen MR) is 95.4 cm³/mol. The Labute approximate surface area is 146 Å². The Hall–Kier alpha value is -2.93. The summed E-state index contributed by atoms with van der Waals surface area (Å²) in [5, 5.41) is 10.9. The van der Waals surface area contributed by atoms with E-state index in [-0.39, 0.29) is 11.6 Å². The number of hydrogen-bond donors (Lipinski definition) is 1. The van der Waals surface area contributed by atoms with Gasteiger partial charge in [-0.05, 0) is 21.0 Å². The average Bonchev–Trinajstić information content (AvgIpc) is 3.23. The van der Waals surface area contributed by atoms with Crippen LogP contribution in [0.15, 0.2) is 47.2 Å². The fourth-order valence-electron chi connectivity index (χ4n) is 2.28. The molecule has 0 radical (unpaired) electrons. The smallest absolute Gasteiger partial charge is 0.277 e. The molecule has 0 unspecified atom stereocenters. The van der Waals surface area contributed by atoms with Gasteiger partial charge in [-0.3, -0.25) is 9.48 Å². The summed E-state index contributed by atoms with van der Waals surface area (Å²) in [7, 11) is 4.00. The maximum Gasteiger partial charge on any atom is 0.277 e.